The molecule has 1 aromatic carbocycles. The van der Waals surface area contributed by atoms with Gasteiger partial charge >= 0.3 is 6.09 Å². The van der Waals surface area contributed by atoms with Gasteiger partial charge in [-0.05, 0) is 5.56 Å². The first-order valence-corrected chi connectivity index (χ1v) is 5.65. The molecule has 1 aliphatic rings. The summed E-state index contributed by atoms with van der Waals surface area (Å²) < 4.78 is 5.24. The van der Waals surface area contributed by atoms with Crippen LogP contribution >= 0.6 is 0 Å². The third kappa shape index (κ3) is 2.85. The average Bonchev–Trinajstić information content (AvgIpc) is 2.85. The van der Waals surface area contributed by atoms with Crippen LogP contribution in [0.5, 0.6) is 0 Å². The zero-order chi connectivity index (χ0) is 12.1. The predicted molar refractivity (Wildman–Crippen MR) is 65.3 cm³/mol. The number of hydrogen-bond acceptors (Lipinski definition) is 3. The van der Waals surface area contributed by atoms with Crippen molar-refractivity contribution in [3.63, 3.8) is 0 Å². The van der Waals surface area contributed by atoms with Crippen LogP contribution in [-0.2, 0) is 11.3 Å². The maximum Gasteiger partial charge on any atom is 0.410 e. The SMILES string of the molecule is NC[C@@H]1C=CCN1C(=O)OCc1ccccc1. The Kier molecular flexibility index (Phi) is 3.77. The summed E-state index contributed by atoms with van der Waals surface area (Å²) in [5, 5.41) is 0. The van der Waals surface area contributed by atoms with Gasteiger partial charge in [0, 0.05) is 13.1 Å². The molecule has 0 saturated carbocycles. The van der Waals surface area contributed by atoms with E-state index in [4.69, 9.17) is 10.5 Å². The zero-order valence-corrected chi connectivity index (χ0v) is 9.58. The molecule has 1 heterocycles. The third-order valence-electron chi connectivity index (χ3n) is 2.74. The molecule has 0 saturated heterocycles. The minimum atomic E-state index is -0.311. The van der Waals surface area contributed by atoms with Crippen LogP contribution in [0.15, 0.2) is 42.5 Å². The lowest BCUT2D eigenvalue weighted by Crippen LogP contribution is -2.40. The maximum absolute atomic E-state index is 11.8. The lowest BCUT2D eigenvalue weighted by molar-refractivity contribution is 0.0958. The molecule has 2 rings (SSSR count). The quantitative estimate of drug-likeness (QED) is 0.804. The number of benzene rings is 1. The Bertz CT molecular complexity index is 403. The lowest BCUT2D eigenvalue weighted by Gasteiger charge is -2.22. The van der Waals surface area contributed by atoms with Crippen molar-refractivity contribution in [2.24, 2.45) is 5.73 Å². The molecule has 17 heavy (non-hydrogen) atoms. The van der Waals surface area contributed by atoms with Gasteiger partial charge in [0.25, 0.3) is 0 Å². The van der Waals surface area contributed by atoms with Crippen LogP contribution < -0.4 is 5.73 Å². The highest BCUT2D eigenvalue weighted by Crippen LogP contribution is 2.11. The molecule has 1 aromatic rings. The van der Waals surface area contributed by atoms with Crippen LogP contribution in [0.3, 0.4) is 0 Å². The van der Waals surface area contributed by atoms with E-state index in [9.17, 15) is 4.79 Å². The first kappa shape index (κ1) is 11.7. The fraction of sp³-hybridized carbons (Fsp3) is 0.308. The number of carbonyl (C=O) groups is 1. The largest absolute Gasteiger partial charge is 0.445 e. The second-order valence-electron chi connectivity index (χ2n) is 3.92. The van der Waals surface area contributed by atoms with Gasteiger partial charge in [-0.15, -0.1) is 0 Å². The van der Waals surface area contributed by atoms with E-state index in [1.165, 1.54) is 0 Å². The zero-order valence-electron chi connectivity index (χ0n) is 9.58. The van der Waals surface area contributed by atoms with Gasteiger partial charge in [0.1, 0.15) is 6.61 Å². The number of nitrogens with zero attached hydrogens (tertiary/aromatic N) is 1. The maximum atomic E-state index is 11.8. The molecule has 1 aliphatic heterocycles. The Labute approximate surface area is 101 Å². The summed E-state index contributed by atoms with van der Waals surface area (Å²) >= 11 is 0. The summed E-state index contributed by atoms with van der Waals surface area (Å²) in [6.45, 7) is 1.31. The van der Waals surface area contributed by atoms with Crippen molar-refractivity contribution in [1.82, 2.24) is 4.90 Å². The molecule has 90 valence electrons. The predicted octanol–water partition coefficient (Wildman–Crippen LogP) is 1.52. The number of carbonyl (C=O) groups excluding carboxylic acids is 1. The fourth-order valence-corrected chi connectivity index (χ4v) is 1.79. The molecule has 0 radical (unpaired) electrons. The molecule has 4 nitrogen and oxygen atoms in total. The number of ether oxygens (including phenoxy) is 1. The van der Waals surface area contributed by atoms with Crippen molar-refractivity contribution in [3.8, 4) is 0 Å². The van der Waals surface area contributed by atoms with E-state index >= 15 is 0 Å². The normalized spacial score (nSPS) is 18.4. The molecule has 4 heteroatoms. The third-order valence-corrected chi connectivity index (χ3v) is 2.74. The first-order chi connectivity index (χ1) is 8.31. The summed E-state index contributed by atoms with van der Waals surface area (Å²) in [6.07, 6.45) is 3.56. The highest BCUT2D eigenvalue weighted by molar-refractivity contribution is 5.69. The van der Waals surface area contributed by atoms with Gasteiger partial charge in [0.2, 0.25) is 0 Å². The van der Waals surface area contributed by atoms with Gasteiger partial charge in [0.05, 0.1) is 6.04 Å². The minimum absolute atomic E-state index is 0.0294. The molecule has 0 spiro atoms. The van der Waals surface area contributed by atoms with E-state index in [0.29, 0.717) is 19.7 Å². The van der Waals surface area contributed by atoms with E-state index in [-0.39, 0.29) is 12.1 Å². The van der Waals surface area contributed by atoms with Crippen molar-refractivity contribution in [1.29, 1.82) is 0 Å². The molecule has 0 bridgehead atoms. The van der Waals surface area contributed by atoms with Crippen LogP contribution in [0, 0.1) is 0 Å². The highest BCUT2D eigenvalue weighted by Gasteiger charge is 2.24. The van der Waals surface area contributed by atoms with Crippen molar-refractivity contribution >= 4 is 6.09 Å². The summed E-state index contributed by atoms with van der Waals surface area (Å²) in [4.78, 5) is 13.4. The molecular formula is C13H16N2O2. The Morgan fingerprint density at radius 1 is 1.41 bits per heavy atom. The standard InChI is InChI=1S/C13H16N2O2/c14-9-12-7-4-8-15(12)13(16)17-10-11-5-2-1-3-6-11/h1-7,12H,8-10,14H2/t12-/m0/s1. The molecule has 0 aromatic heterocycles. The first-order valence-electron chi connectivity index (χ1n) is 5.65. The van der Waals surface area contributed by atoms with E-state index in [2.05, 4.69) is 0 Å². The van der Waals surface area contributed by atoms with Crippen molar-refractivity contribution in [2.75, 3.05) is 13.1 Å². The Morgan fingerprint density at radius 2 is 2.18 bits per heavy atom. The van der Waals surface area contributed by atoms with Gasteiger partial charge in [-0.2, -0.15) is 0 Å². The lowest BCUT2D eigenvalue weighted by atomic mass is 10.2. The van der Waals surface area contributed by atoms with E-state index in [1.807, 2.05) is 42.5 Å². The second-order valence-corrected chi connectivity index (χ2v) is 3.92. The van der Waals surface area contributed by atoms with E-state index in [0.717, 1.165) is 5.56 Å². The van der Waals surface area contributed by atoms with Gasteiger partial charge in [0.15, 0.2) is 0 Å². The summed E-state index contributed by atoms with van der Waals surface area (Å²) in [6, 6.07) is 9.59. The topological polar surface area (TPSA) is 55.6 Å². The van der Waals surface area contributed by atoms with Gasteiger partial charge in [-0.1, -0.05) is 42.5 Å². The van der Waals surface area contributed by atoms with Crippen LogP contribution in [0.1, 0.15) is 5.56 Å². The van der Waals surface area contributed by atoms with Gasteiger partial charge < -0.3 is 10.5 Å². The molecule has 0 aliphatic carbocycles. The number of amides is 1. The molecule has 2 N–H and O–H groups in total. The average molecular weight is 232 g/mol. The van der Waals surface area contributed by atoms with Crippen LogP contribution in [0.25, 0.3) is 0 Å². The van der Waals surface area contributed by atoms with Gasteiger partial charge in [-0.25, -0.2) is 4.79 Å². The second kappa shape index (κ2) is 5.50. The Morgan fingerprint density at radius 3 is 2.88 bits per heavy atom. The van der Waals surface area contributed by atoms with E-state index in [1.54, 1.807) is 4.90 Å². The fourth-order valence-electron chi connectivity index (χ4n) is 1.79. The Balaban J connectivity index is 1.86. The molecule has 0 fully saturated rings. The van der Waals surface area contributed by atoms with Gasteiger partial charge in [-0.3, -0.25) is 4.90 Å². The summed E-state index contributed by atoms with van der Waals surface area (Å²) in [7, 11) is 0. The van der Waals surface area contributed by atoms with Crippen molar-refractivity contribution < 1.29 is 9.53 Å². The smallest absolute Gasteiger partial charge is 0.410 e. The summed E-state index contributed by atoms with van der Waals surface area (Å²) in [5.74, 6) is 0. The van der Waals surface area contributed by atoms with Crippen LogP contribution in [0.4, 0.5) is 4.79 Å². The molecule has 1 amide bonds. The minimum Gasteiger partial charge on any atom is -0.445 e. The van der Waals surface area contributed by atoms with Crippen molar-refractivity contribution in [3.05, 3.63) is 48.0 Å². The summed E-state index contributed by atoms with van der Waals surface area (Å²) in [5.41, 5.74) is 6.55. The molecule has 1 atom stereocenters. The highest BCUT2D eigenvalue weighted by atomic mass is 16.6. The number of rotatable bonds is 3. The van der Waals surface area contributed by atoms with E-state index < -0.39 is 0 Å². The molecular weight excluding hydrogens is 216 g/mol. The van der Waals surface area contributed by atoms with Crippen LogP contribution in [0.2, 0.25) is 0 Å². The Hall–Kier alpha value is -1.81. The van der Waals surface area contributed by atoms with Crippen molar-refractivity contribution in [2.45, 2.75) is 12.6 Å². The van der Waals surface area contributed by atoms with Crippen LogP contribution in [-0.4, -0.2) is 30.1 Å². The number of hydrogen-bond donors (Lipinski definition) is 1. The monoisotopic (exact) mass is 232 g/mol. The number of nitrogens with two attached hydrogens (primary N) is 1. The molecule has 0 unspecified atom stereocenters.